The molecule has 1 aromatic carbocycles. The van der Waals surface area contributed by atoms with Gasteiger partial charge in [-0.25, -0.2) is 0 Å². The van der Waals surface area contributed by atoms with Gasteiger partial charge in [0.1, 0.15) is 5.82 Å². The molecule has 3 rings (SSSR count). The number of nitrogens with zero attached hydrogens (tertiary/aromatic N) is 3. The summed E-state index contributed by atoms with van der Waals surface area (Å²) in [5.41, 5.74) is 1.92. The van der Waals surface area contributed by atoms with Crippen LogP contribution in [0.5, 0.6) is 5.75 Å². The maximum atomic E-state index is 5.28. The molecular weight excluding hydrogens is 306 g/mol. The molecule has 0 atom stereocenters. The zero-order valence-corrected chi connectivity index (χ0v) is 12.0. The SMILES string of the molecule is COc1cccn2c(Cc3ccccc3Br)nnc12. The summed E-state index contributed by atoms with van der Waals surface area (Å²) in [4.78, 5) is 0. The molecule has 0 N–H and O–H groups in total. The van der Waals surface area contributed by atoms with Gasteiger partial charge in [-0.3, -0.25) is 4.40 Å². The van der Waals surface area contributed by atoms with Crippen molar-refractivity contribution in [2.75, 3.05) is 7.11 Å². The molecule has 96 valence electrons. The van der Waals surface area contributed by atoms with E-state index in [1.807, 2.05) is 40.9 Å². The minimum Gasteiger partial charge on any atom is -0.493 e. The second-order valence-electron chi connectivity index (χ2n) is 4.15. The molecule has 0 bridgehead atoms. The Morgan fingerprint density at radius 2 is 2.00 bits per heavy atom. The van der Waals surface area contributed by atoms with Crippen LogP contribution in [0.4, 0.5) is 0 Å². The molecule has 0 radical (unpaired) electrons. The van der Waals surface area contributed by atoms with Gasteiger partial charge in [-0.05, 0) is 23.8 Å². The van der Waals surface area contributed by atoms with E-state index in [4.69, 9.17) is 4.74 Å². The van der Waals surface area contributed by atoms with Crippen LogP contribution in [-0.2, 0) is 6.42 Å². The van der Waals surface area contributed by atoms with Crippen LogP contribution in [0, 0.1) is 0 Å². The number of benzene rings is 1. The van der Waals surface area contributed by atoms with Crippen molar-refractivity contribution >= 4 is 21.6 Å². The minimum atomic E-state index is 0.718. The Kier molecular flexibility index (Phi) is 3.21. The molecule has 3 aromatic rings. The standard InChI is InChI=1S/C14H12BrN3O/c1-19-12-7-4-8-18-13(16-17-14(12)18)9-10-5-2-3-6-11(10)15/h2-8H,9H2,1H3. The number of ether oxygens (including phenoxy) is 1. The molecule has 2 aromatic heterocycles. The summed E-state index contributed by atoms with van der Waals surface area (Å²) in [6.07, 6.45) is 2.67. The van der Waals surface area contributed by atoms with Gasteiger partial charge in [0.25, 0.3) is 0 Å². The first-order chi connectivity index (χ1) is 9.29. The van der Waals surface area contributed by atoms with Gasteiger partial charge < -0.3 is 4.74 Å². The fraction of sp³-hybridized carbons (Fsp3) is 0.143. The van der Waals surface area contributed by atoms with E-state index in [1.54, 1.807) is 7.11 Å². The van der Waals surface area contributed by atoms with Crippen LogP contribution in [0.25, 0.3) is 5.65 Å². The Morgan fingerprint density at radius 1 is 1.16 bits per heavy atom. The number of hydrogen-bond acceptors (Lipinski definition) is 3. The molecule has 0 unspecified atom stereocenters. The molecule has 0 aliphatic heterocycles. The quantitative estimate of drug-likeness (QED) is 0.745. The number of halogens is 1. The van der Waals surface area contributed by atoms with Crippen molar-refractivity contribution in [3.63, 3.8) is 0 Å². The second-order valence-corrected chi connectivity index (χ2v) is 5.01. The fourth-order valence-electron chi connectivity index (χ4n) is 2.03. The molecule has 0 aliphatic carbocycles. The molecule has 0 fully saturated rings. The zero-order valence-electron chi connectivity index (χ0n) is 10.4. The monoisotopic (exact) mass is 317 g/mol. The highest BCUT2D eigenvalue weighted by atomic mass is 79.9. The average Bonchev–Trinajstić information content (AvgIpc) is 2.84. The van der Waals surface area contributed by atoms with E-state index < -0.39 is 0 Å². The molecule has 4 nitrogen and oxygen atoms in total. The third-order valence-electron chi connectivity index (χ3n) is 3.00. The van der Waals surface area contributed by atoms with Crippen molar-refractivity contribution in [3.8, 4) is 5.75 Å². The predicted molar refractivity (Wildman–Crippen MR) is 76.5 cm³/mol. The third kappa shape index (κ3) is 2.21. The van der Waals surface area contributed by atoms with E-state index in [0.29, 0.717) is 0 Å². The highest BCUT2D eigenvalue weighted by Gasteiger charge is 2.10. The van der Waals surface area contributed by atoms with Crippen LogP contribution in [0.2, 0.25) is 0 Å². The van der Waals surface area contributed by atoms with Crippen LogP contribution in [0.15, 0.2) is 47.1 Å². The number of pyridine rings is 1. The lowest BCUT2D eigenvalue weighted by Gasteiger charge is -2.04. The van der Waals surface area contributed by atoms with E-state index in [-0.39, 0.29) is 0 Å². The fourth-order valence-corrected chi connectivity index (χ4v) is 2.46. The first-order valence-electron chi connectivity index (χ1n) is 5.89. The van der Waals surface area contributed by atoms with E-state index in [9.17, 15) is 0 Å². The van der Waals surface area contributed by atoms with Crippen LogP contribution in [0.1, 0.15) is 11.4 Å². The molecule has 0 saturated heterocycles. The molecule has 0 aliphatic rings. The summed E-state index contributed by atoms with van der Waals surface area (Å²) in [5, 5.41) is 8.44. The summed E-state index contributed by atoms with van der Waals surface area (Å²) in [5.74, 6) is 1.62. The van der Waals surface area contributed by atoms with Crippen LogP contribution >= 0.6 is 15.9 Å². The summed E-state index contributed by atoms with van der Waals surface area (Å²) < 4.78 is 8.32. The molecule has 0 saturated carbocycles. The summed E-state index contributed by atoms with van der Waals surface area (Å²) in [7, 11) is 1.64. The van der Waals surface area contributed by atoms with Gasteiger partial charge >= 0.3 is 0 Å². The average molecular weight is 318 g/mol. The van der Waals surface area contributed by atoms with Gasteiger partial charge in [0.05, 0.1) is 7.11 Å². The third-order valence-corrected chi connectivity index (χ3v) is 3.77. The molecule has 19 heavy (non-hydrogen) atoms. The second kappa shape index (κ2) is 5.01. The maximum Gasteiger partial charge on any atom is 0.203 e. The van der Waals surface area contributed by atoms with Gasteiger partial charge in [0, 0.05) is 17.1 Å². The van der Waals surface area contributed by atoms with Gasteiger partial charge in [-0.2, -0.15) is 0 Å². The van der Waals surface area contributed by atoms with Crippen molar-refractivity contribution in [3.05, 3.63) is 58.5 Å². The lowest BCUT2D eigenvalue weighted by molar-refractivity contribution is 0.416. The zero-order chi connectivity index (χ0) is 13.2. The van der Waals surface area contributed by atoms with E-state index in [1.165, 1.54) is 5.56 Å². The van der Waals surface area contributed by atoms with Crippen molar-refractivity contribution < 1.29 is 4.74 Å². The van der Waals surface area contributed by atoms with E-state index in [0.717, 1.165) is 28.1 Å². The van der Waals surface area contributed by atoms with E-state index >= 15 is 0 Å². The number of fused-ring (bicyclic) bond motifs is 1. The largest absolute Gasteiger partial charge is 0.493 e. The first kappa shape index (κ1) is 12.2. The predicted octanol–water partition coefficient (Wildman–Crippen LogP) is 3.09. The highest BCUT2D eigenvalue weighted by molar-refractivity contribution is 9.10. The molecule has 0 amide bonds. The number of hydrogen-bond donors (Lipinski definition) is 0. The lowest BCUT2D eigenvalue weighted by Crippen LogP contribution is -1.97. The van der Waals surface area contributed by atoms with Crippen molar-refractivity contribution in [1.29, 1.82) is 0 Å². The van der Waals surface area contributed by atoms with Crippen LogP contribution in [-0.4, -0.2) is 21.7 Å². The Morgan fingerprint density at radius 3 is 2.79 bits per heavy atom. The number of rotatable bonds is 3. The Labute approximate surface area is 119 Å². The summed E-state index contributed by atoms with van der Waals surface area (Å²) >= 11 is 3.55. The summed E-state index contributed by atoms with van der Waals surface area (Å²) in [6.45, 7) is 0. The van der Waals surface area contributed by atoms with Crippen LogP contribution in [0.3, 0.4) is 0 Å². The van der Waals surface area contributed by atoms with Gasteiger partial charge in [0.15, 0.2) is 5.75 Å². The van der Waals surface area contributed by atoms with Gasteiger partial charge in [0.2, 0.25) is 5.65 Å². The van der Waals surface area contributed by atoms with Crippen molar-refractivity contribution in [2.45, 2.75) is 6.42 Å². The Hall–Kier alpha value is -1.88. The first-order valence-corrected chi connectivity index (χ1v) is 6.69. The smallest absolute Gasteiger partial charge is 0.203 e. The number of aromatic nitrogens is 3. The normalized spacial score (nSPS) is 10.8. The van der Waals surface area contributed by atoms with Crippen molar-refractivity contribution in [2.24, 2.45) is 0 Å². The highest BCUT2D eigenvalue weighted by Crippen LogP contribution is 2.22. The van der Waals surface area contributed by atoms with Crippen LogP contribution < -0.4 is 4.74 Å². The number of methoxy groups -OCH3 is 1. The van der Waals surface area contributed by atoms with Crippen molar-refractivity contribution in [1.82, 2.24) is 14.6 Å². The van der Waals surface area contributed by atoms with Gasteiger partial charge in [-0.1, -0.05) is 34.1 Å². The molecular formula is C14H12BrN3O. The molecule has 5 heteroatoms. The molecule has 2 heterocycles. The van der Waals surface area contributed by atoms with E-state index in [2.05, 4.69) is 32.2 Å². The summed E-state index contributed by atoms with van der Waals surface area (Å²) in [6, 6.07) is 11.9. The Balaban J connectivity index is 2.05. The maximum absolute atomic E-state index is 5.28. The minimum absolute atomic E-state index is 0.718. The molecule has 0 spiro atoms. The lowest BCUT2D eigenvalue weighted by atomic mass is 10.1. The topological polar surface area (TPSA) is 39.4 Å². The Bertz CT molecular complexity index is 724. The van der Waals surface area contributed by atoms with Gasteiger partial charge in [-0.15, -0.1) is 10.2 Å².